The lowest BCUT2D eigenvalue weighted by Crippen LogP contribution is -2.58. The second kappa shape index (κ2) is 15.0. The van der Waals surface area contributed by atoms with Gasteiger partial charge in [0.25, 0.3) is 0 Å². The lowest BCUT2D eigenvalue weighted by atomic mass is 10.1. The van der Waals surface area contributed by atoms with Gasteiger partial charge < -0.3 is 54.2 Å². The minimum atomic E-state index is -1.85. The first-order valence-electron chi connectivity index (χ1n) is 9.84. The first-order chi connectivity index (χ1) is 15.8. The topological polar surface area (TPSA) is 316 Å². The maximum absolute atomic E-state index is 12.8. The molecule has 0 radical (unpaired) electrons. The number of rotatable bonds is 16. The molecule has 17 heteroatoms. The third-order valence-electron chi connectivity index (χ3n) is 4.14. The molecule has 4 atom stereocenters. The number of hydrogen-bond acceptors (Lipinski definition) is 9. The Morgan fingerprint density at radius 3 is 1.79 bits per heavy atom. The highest BCUT2D eigenvalue weighted by atomic mass is 16.4. The zero-order valence-electron chi connectivity index (χ0n) is 18.1. The molecule has 0 aliphatic carbocycles. The molecule has 0 saturated carbocycles. The molecule has 0 saturated heterocycles. The average molecular weight is 490 g/mol. The molecule has 0 spiro atoms. The van der Waals surface area contributed by atoms with Gasteiger partial charge in [-0.25, -0.2) is 4.79 Å². The largest absolute Gasteiger partial charge is 0.481 e. The molecular formula is C17H30N8O9. The van der Waals surface area contributed by atoms with Crippen LogP contribution in [0.1, 0.15) is 25.7 Å². The number of carboxylic acid groups (broad SMARTS) is 2. The molecule has 4 unspecified atom stereocenters. The summed E-state index contributed by atoms with van der Waals surface area (Å²) in [4.78, 5) is 74.3. The van der Waals surface area contributed by atoms with Crippen LogP contribution in [-0.2, 0) is 28.8 Å². The van der Waals surface area contributed by atoms with Gasteiger partial charge >= 0.3 is 11.9 Å². The van der Waals surface area contributed by atoms with Crippen LogP contribution in [-0.4, -0.2) is 94.2 Å². The fourth-order valence-corrected chi connectivity index (χ4v) is 2.46. The van der Waals surface area contributed by atoms with Crippen molar-refractivity contribution in [1.82, 2.24) is 16.0 Å². The number of carbonyl (C=O) groups excluding carboxylic acids is 4. The Hall–Kier alpha value is -3.99. The van der Waals surface area contributed by atoms with E-state index >= 15 is 0 Å². The summed E-state index contributed by atoms with van der Waals surface area (Å²) in [7, 11) is 0. The van der Waals surface area contributed by atoms with Gasteiger partial charge in [-0.05, 0) is 12.8 Å². The van der Waals surface area contributed by atoms with Crippen LogP contribution in [0.15, 0.2) is 4.99 Å². The number of guanidine groups is 1. The number of nitrogens with zero attached hydrogens (tertiary/aromatic N) is 1. The van der Waals surface area contributed by atoms with E-state index in [1.54, 1.807) is 0 Å². The van der Waals surface area contributed by atoms with Gasteiger partial charge in [0.2, 0.25) is 23.6 Å². The summed E-state index contributed by atoms with van der Waals surface area (Å²) in [5, 5.41) is 33.2. The molecule has 34 heavy (non-hydrogen) atoms. The van der Waals surface area contributed by atoms with E-state index < -0.39 is 79.2 Å². The number of hydrogen-bond donors (Lipinski definition) is 10. The monoisotopic (exact) mass is 490 g/mol. The number of amides is 4. The highest BCUT2D eigenvalue weighted by Crippen LogP contribution is 2.03. The van der Waals surface area contributed by atoms with Crippen molar-refractivity contribution in [2.45, 2.75) is 49.9 Å². The Morgan fingerprint density at radius 1 is 0.794 bits per heavy atom. The van der Waals surface area contributed by atoms with Crippen LogP contribution in [0.2, 0.25) is 0 Å². The Morgan fingerprint density at radius 2 is 1.32 bits per heavy atom. The number of nitrogens with one attached hydrogen (secondary N) is 3. The Balaban J connectivity index is 5.57. The number of aliphatic imine (C=N–C) groups is 1. The number of aliphatic hydroxyl groups excluding tert-OH is 1. The first kappa shape index (κ1) is 30.0. The average Bonchev–Trinajstić information content (AvgIpc) is 2.72. The molecule has 0 aromatic carbocycles. The summed E-state index contributed by atoms with van der Waals surface area (Å²) in [6.07, 6.45) is -1.62. The Bertz CT molecular complexity index is 800. The molecular weight excluding hydrogens is 460 g/mol. The van der Waals surface area contributed by atoms with Gasteiger partial charge in [0.15, 0.2) is 5.96 Å². The molecule has 0 aliphatic rings. The third kappa shape index (κ3) is 12.2. The SMILES string of the molecule is NC(=O)CC(NC(=O)C(CCCN=C(N)N)NC(=O)C(N)CO)C(=O)NC(CC(=O)O)C(=O)O. The van der Waals surface area contributed by atoms with E-state index in [1.165, 1.54) is 0 Å². The minimum Gasteiger partial charge on any atom is -0.481 e. The fraction of sp³-hybridized carbons (Fsp3) is 0.588. The Labute approximate surface area is 193 Å². The van der Waals surface area contributed by atoms with Crippen molar-refractivity contribution in [2.24, 2.45) is 27.9 Å². The number of primary amides is 1. The van der Waals surface area contributed by atoms with Gasteiger partial charge in [-0.3, -0.25) is 29.0 Å². The number of carbonyl (C=O) groups is 6. The van der Waals surface area contributed by atoms with E-state index in [0.29, 0.717) is 0 Å². The summed E-state index contributed by atoms with van der Waals surface area (Å²) in [5.41, 5.74) is 20.9. The van der Waals surface area contributed by atoms with Gasteiger partial charge in [-0.2, -0.15) is 0 Å². The van der Waals surface area contributed by atoms with E-state index in [1.807, 2.05) is 5.32 Å². The van der Waals surface area contributed by atoms with Crippen LogP contribution >= 0.6 is 0 Å². The lowest BCUT2D eigenvalue weighted by molar-refractivity contribution is -0.147. The fourth-order valence-electron chi connectivity index (χ4n) is 2.46. The van der Waals surface area contributed by atoms with E-state index in [2.05, 4.69) is 15.6 Å². The molecule has 4 amide bonds. The Kier molecular flexibility index (Phi) is 13.2. The summed E-state index contributed by atoms with van der Waals surface area (Å²) in [5.74, 6) is -7.50. The minimum absolute atomic E-state index is 0.0613. The van der Waals surface area contributed by atoms with E-state index in [4.69, 9.17) is 38.3 Å². The number of aliphatic carboxylic acids is 2. The maximum atomic E-state index is 12.8. The van der Waals surface area contributed by atoms with Crippen molar-refractivity contribution in [1.29, 1.82) is 0 Å². The van der Waals surface area contributed by atoms with Crippen LogP contribution in [0.25, 0.3) is 0 Å². The van der Waals surface area contributed by atoms with Gasteiger partial charge in [-0.1, -0.05) is 0 Å². The molecule has 0 bridgehead atoms. The van der Waals surface area contributed by atoms with Gasteiger partial charge in [-0.15, -0.1) is 0 Å². The van der Waals surface area contributed by atoms with Crippen molar-refractivity contribution in [3.63, 3.8) is 0 Å². The smallest absolute Gasteiger partial charge is 0.326 e. The number of nitrogens with two attached hydrogens (primary N) is 4. The predicted molar refractivity (Wildman–Crippen MR) is 114 cm³/mol. The van der Waals surface area contributed by atoms with Crippen LogP contribution < -0.4 is 38.9 Å². The molecule has 17 nitrogen and oxygen atoms in total. The quantitative estimate of drug-likeness (QED) is 0.0549. The maximum Gasteiger partial charge on any atom is 0.326 e. The predicted octanol–water partition coefficient (Wildman–Crippen LogP) is -5.75. The zero-order valence-corrected chi connectivity index (χ0v) is 18.1. The van der Waals surface area contributed by atoms with Gasteiger partial charge in [0.1, 0.15) is 24.2 Å². The van der Waals surface area contributed by atoms with Crippen LogP contribution in [0.4, 0.5) is 0 Å². The normalized spacial score (nSPS) is 13.9. The second-order valence-corrected chi connectivity index (χ2v) is 7.03. The van der Waals surface area contributed by atoms with Crippen LogP contribution in [0, 0.1) is 0 Å². The van der Waals surface area contributed by atoms with Crippen molar-refractivity contribution >= 4 is 41.5 Å². The highest BCUT2D eigenvalue weighted by Gasteiger charge is 2.31. The molecule has 0 aromatic heterocycles. The van der Waals surface area contributed by atoms with Crippen molar-refractivity contribution in [2.75, 3.05) is 13.2 Å². The third-order valence-corrected chi connectivity index (χ3v) is 4.14. The molecule has 0 fully saturated rings. The van der Waals surface area contributed by atoms with Gasteiger partial charge in [0, 0.05) is 6.54 Å². The van der Waals surface area contributed by atoms with Crippen molar-refractivity contribution in [3.8, 4) is 0 Å². The summed E-state index contributed by atoms with van der Waals surface area (Å²) in [6.45, 7) is -0.643. The second-order valence-electron chi connectivity index (χ2n) is 7.03. The van der Waals surface area contributed by atoms with Crippen LogP contribution in [0.3, 0.4) is 0 Å². The summed E-state index contributed by atoms with van der Waals surface area (Å²) >= 11 is 0. The molecule has 192 valence electrons. The highest BCUT2D eigenvalue weighted by molar-refractivity contribution is 5.96. The zero-order chi connectivity index (χ0) is 26.4. The molecule has 0 aromatic rings. The lowest BCUT2D eigenvalue weighted by Gasteiger charge is -2.24. The van der Waals surface area contributed by atoms with Gasteiger partial charge in [0.05, 0.1) is 19.4 Å². The standard InChI is InChI=1S/C17H30N8O9/c18-7(6-26)13(30)23-8(2-1-3-22-17(20)21)14(31)24-9(4-11(19)27)15(32)25-10(16(33)34)5-12(28)29/h7-10,26H,1-6,18H2,(H2,19,27)(H,23,30)(H,24,31)(H,25,32)(H,28,29)(H,33,34)(H4,20,21,22). The number of carboxylic acids is 2. The van der Waals surface area contributed by atoms with E-state index in [9.17, 15) is 28.8 Å². The van der Waals surface area contributed by atoms with E-state index in [0.717, 1.165) is 0 Å². The number of aliphatic hydroxyl groups is 1. The molecule has 0 heterocycles. The van der Waals surface area contributed by atoms with Crippen molar-refractivity contribution < 1.29 is 44.1 Å². The molecule has 14 N–H and O–H groups in total. The van der Waals surface area contributed by atoms with Crippen LogP contribution in [0.5, 0.6) is 0 Å². The summed E-state index contributed by atoms with van der Waals surface area (Å²) < 4.78 is 0. The summed E-state index contributed by atoms with van der Waals surface area (Å²) in [6, 6.07) is -6.22. The molecule has 0 aliphatic heterocycles. The molecule has 0 rings (SSSR count). The first-order valence-corrected chi connectivity index (χ1v) is 9.84. The van der Waals surface area contributed by atoms with Crippen molar-refractivity contribution in [3.05, 3.63) is 0 Å². The van der Waals surface area contributed by atoms with E-state index in [-0.39, 0.29) is 25.3 Å².